The summed E-state index contributed by atoms with van der Waals surface area (Å²) < 4.78 is 8.00. The molecule has 19 heavy (non-hydrogen) atoms. The van der Waals surface area contributed by atoms with E-state index in [1.165, 1.54) is 0 Å². The number of rotatable bonds is 1. The van der Waals surface area contributed by atoms with Crippen molar-refractivity contribution in [1.82, 2.24) is 0 Å². The van der Waals surface area contributed by atoms with Crippen molar-refractivity contribution in [1.29, 1.82) is 0 Å². The van der Waals surface area contributed by atoms with Crippen LogP contribution < -0.4 is 4.74 Å². The highest BCUT2D eigenvalue weighted by atomic mass is 79.9. The Morgan fingerprint density at radius 1 is 1.00 bits per heavy atom. The lowest BCUT2D eigenvalue weighted by Crippen LogP contribution is -2.18. The first-order valence-corrected chi connectivity index (χ1v) is 7.62. The van der Waals surface area contributed by atoms with Gasteiger partial charge in [-0.3, -0.25) is 0 Å². The van der Waals surface area contributed by atoms with Crippen molar-refractivity contribution < 1.29 is 9.84 Å². The number of hydrogen-bond donors (Lipinski definition) is 1. The van der Waals surface area contributed by atoms with Crippen LogP contribution in [0, 0.1) is 0 Å². The molecule has 2 atom stereocenters. The average Bonchev–Trinajstić information content (AvgIpc) is 2.38. The summed E-state index contributed by atoms with van der Waals surface area (Å²) in [6, 6.07) is 13.7. The van der Waals surface area contributed by atoms with Crippen molar-refractivity contribution in [3.63, 3.8) is 0 Å². The van der Waals surface area contributed by atoms with Crippen LogP contribution in [0.2, 0.25) is 0 Å². The Morgan fingerprint density at radius 3 is 2.42 bits per heavy atom. The smallest absolute Gasteiger partial charge is 0.127 e. The fourth-order valence-corrected chi connectivity index (χ4v) is 2.90. The molecule has 0 aliphatic carbocycles. The van der Waals surface area contributed by atoms with Gasteiger partial charge in [-0.15, -0.1) is 0 Å². The number of aliphatic hydroxyl groups excluding tert-OH is 1. The highest BCUT2D eigenvalue weighted by Gasteiger charge is 2.27. The largest absolute Gasteiger partial charge is 0.485 e. The van der Waals surface area contributed by atoms with Crippen LogP contribution in [0.3, 0.4) is 0 Å². The van der Waals surface area contributed by atoms with Gasteiger partial charge in [0.2, 0.25) is 0 Å². The van der Waals surface area contributed by atoms with Gasteiger partial charge in [0.1, 0.15) is 11.9 Å². The molecule has 0 spiro atoms. The van der Waals surface area contributed by atoms with Crippen LogP contribution >= 0.6 is 31.9 Å². The molecule has 0 amide bonds. The van der Waals surface area contributed by atoms with Gasteiger partial charge < -0.3 is 9.84 Å². The molecule has 2 nitrogen and oxygen atoms in total. The molecule has 2 aromatic carbocycles. The van der Waals surface area contributed by atoms with E-state index in [-0.39, 0.29) is 6.10 Å². The van der Waals surface area contributed by atoms with E-state index in [9.17, 15) is 5.11 Å². The Bertz CT molecular complexity index is 596. The molecule has 0 radical (unpaired) electrons. The average molecular weight is 384 g/mol. The molecular weight excluding hydrogens is 372 g/mol. The van der Waals surface area contributed by atoms with Gasteiger partial charge in [0.15, 0.2) is 0 Å². The summed E-state index contributed by atoms with van der Waals surface area (Å²) in [5, 5.41) is 10.2. The molecule has 1 N–H and O–H groups in total. The van der Waals surface area contributed by atoms with Crippen LogP contribution in [-0.4, -0.2) is 5.11 Å². The fourth-order valence-electron chi connectivity index (χ4n) is 2.30. The summed E-state index contributed by atoms with van der Waals surface area (Å²) in [4.78, 5) is 0. The van der Waals surface area contributed by atoms with E-state index >= 15 is 0 Å². The first kappa shape index (κ1) is 13.2. The van der Waals surface area contributed by atoms with E-state index in [0.717, 1.165) is 25.8 Å². The molecule has 1 unspecified atom stereocenters. The number of hydrogen-bond acceptors (Lipinski definition) is 2. The molecule has 2 aromatic rings. The van der Waals surface area contributed by atoms with Crippen molar-refractivity contribution in [2.75, 3.05) is 0 Å². The maximum Gasteiger partial charge on any atom is 0.127 e. The first-order chi connectivity index (χ1) is 9.13. The number of halogens is 2. The van der Waals surface area contributed by atoms with E-state index < -0.39 is 6.10 Å². The van der Waals surface area contributed by atoms with Gasteiger partial charge in [-0.25, -0.2) is 0 Å². The molecule has 1 aliphatic heterocycles. The Labute approximate surface area is 128 Å². The summed E-state index contributed by atoms with van der Waals surface area (Å²) in [7, 11) is 0. The minimum atomic E-state index is -0.481. The van der Waals surface area contributed by atoms with Gasteiger partial charge in [-0.2, -0.15) is 0 Å². The molecule has 0 saturated heterocycles. The lowest BCUT2D eigenvalue weighted by molar-refractivity contribution is 0.0657. The maximum atomic E-state index is 10.2. The number of ether oxygens (including phenoxy) is 1. The summed E-state index contributed by atoms with van der Waals surface area (Å²) >= 11 is 6.85. The maximum absolute atomic E-state index is 10.2. The summed E-state index contributed by atoms with van der Waals surface area (Å²) in [6.45, 7) is 0. The third-order valence-corrected chi connectivity index (χ3v) is 4.30. The van der Waals surface area contributed by atoms with Crippen LogP contribution in [-0.2, 0) is 0 Å². The number of benzene rings is 2. The topological polar surface area (TPSA) is 29.5 Å². The Kier molecular flexibility index (Phi) is 3.65. The van der Waals surface area contributed by atoms with E-state index in [4.69, 9.17) is 4.74 Å². The van der Waals surface area contributed by atoms with E-state index in [2.05, 4.69) is 31.9 Å². The molecule has 0 fully saturated rings. The van der Waals surface area contributed by atoms with Gasteiger partial charge in [0, 0.05) is 20.9 Å². The third kappa shape index (κ3) is 2.71. The summed E-state index contributed by atoms with van der Waals surface area (Å²) in [5.74, 6) is 0.751. The van der Waals surface area contributed by atoms with Gasteiger partial charge in [0.25, 0.3) is 0 Å². The van der Waals surface area contributed by atoms with E-state index in [1.807, 2.05) is 42.5 Å². The summed E-state index contributed by atoms with van der Waals surface area (Å²) in [5.41, 5.74) is 1.93. The highest BCUT2D eigenvalue weighted by Crippen LogP contribution is 2.41. The van der Waals surface area contributed by atoms with Gasteiger partial charge in [-0.1, -0.05) is 50.1 Å². The molecule has 4 heteroatoms. The lowest BCUT2D eigenvalue weighted by Gasteiger charge is -2.30. The predicted molar refractivity (Wildman–Crippen MR) is 81.2 cm³/mol. The van der Waals surface area contributed by atoms with E-state index in [0.29, 0.717) is 6.42 Å². The van der Waals surface area contributed by atoms with Crippen LogP contribution in [0.15, 0.2) is 51.4 Å². The number of aliphatic hydroxyl groups is 1. The summed E-state index contributed by atoms with van der Waals surface area (Å²) in [6.07, 6.45) is -0.00797. The van der Waals surface area contributed by atoms with Gasteiger partial charge >= 0.3 is 0 Å². The molecule has 1 heterocycles. The number of fused-ring (bicyclic) bond motifs is 1. The molecule has 0 bridgehead atoms. The second-order valence-corrected chi connectivity index (χ2v) is 6.42. The van der Waals surface area contributed by atoms with E-state index in [1.54, 1.807) is 0 Å². The SMILES string of the molecule is O[C@@H]1CC(c2ccc(Br)cc2)Oc2cc(Br)ccc21. The molecule has 0 saturated carbocycles. The second kappa shape index (κ2) is 5.27. The third-order valence-electron chi connectivity index (χ3n) is 3.28. The second-order valence-electron chi connectivity index (χ2n) is 4.59. The monoisotopic (exact) mass is 382 g/mol. The zero-order valence-corrected chi connectivity index (χ0v) is 13.2. The quantitative estimate of drug-likeness (QED) is 0.768. The zero-order chi connectivity index (χ0) is 13.4. The van der Waals surface area contributed by atoms with Crippen molar-refractivity contribution in [3.8, 4) is 5.75 Å². The Balaban J connectivity index is 1.93. The molecule has 0 aromatic heterocycles. The molecule has 3 rings (SSSR count). The lowest BCUT2D eigenvalue weighted by atomic mass is 9.95. The Morgan fingerprint density at radius 2 is 1.68 bits per heavy atom. The zero-order valence-electron chi connectivity index (χ0n) is 10.0. The van der Waals surface area contributed by atoms with Crippen LogP contribution in [0.4, 0.5) is 0 Å². The minimum absolute atomic E-state index is 0.107. The van der Waals surface area contributed by atoms with Crippen LogP contribution in [0.25, 0.3) is 0 Å². The predicted octanol–water partition coefficient (Wildman–Crippen LogP) is 4.77. The van der Waals surface area contributed by atoms with Crippen molar-refractivity contribution >= 4 is 31.9 Å². The minimum Gasteiger partial charge on any atom is -0.485 e. The highest BCUT2D eigenvalue weighted by molar-refractivity contribution is 9.10. The molecular formula is C15H12Br2O2. The molecule has 98 valence electrons. The van der Waals surface area contributed by atoms with Gasteiger partial charge in [-0.05, 0) is 29.8 Å². The fraction of sp³-hybridized carbons (Fsp3) is 0.200. The van der Waals surface area contributed by atoms with Crippen LogP contribution in [0.1, 0.15) is 29.8 Å². The van der Waals surface area contributed by atoms with Crippen molar-refractivity contribution in [2.45, 2.75) is 18.6 Å². The van der Waals surface area contributed by atoms with Crippen molar-refractivity contribution in [3.05, 3.63) is 62.5 Å². The first-order valence-electron chi connectivity index (χ1n) is 6.03. The normalized spacial score (nSPS) is 21.6. The van der Waals surface area contributed by atoms with Crippen LogP contribution in [0.5, 0.6) is 5.75 Å². The molecule has 1 aliphatic rings. The standard InChI is InChI=1S/C15H12Br2O2/c16-10-3-1-9(2-4-10)14-8-13(18)12-6-5-11(17)7-15(12)19-14/h1-7,13-14,18H,8H2/t13-,14?/m1/s1. The Hall–Kier alpha value is -0.840. The van der Waals surface area contributed by atoms with Gasteiger partial charge in [0.05, 0.1) is 6.10 Å². The van der Waals surface area contributed by atoms with Crippen molar-refractivity contribution in [2.24, 2.45) is 0 Å².